The van der Waals surface area contributed by atoms with Crippen molar-refractivity contribution in [1.82, 2.24) is 0 Å². The van der Waals surface area contributed by atoms with E-state index in [0.29, 0.717) is 17.3 Å². The first-order valence-electron chi connectivity index (χ1n) is 5.66. The first-order chi connectivity index (χ1) is 7.08. The first-order valence-corrected chi connectivity index (χ1v) is 5.66. The zero-order chi connectivity index (χ0) is 11.0. The number of hydrogen-bond donors (Lipinski definition) is 0. The van der Waals surface area contributed by atoms with Crippen molar-refractivity contribution in [1.29, 1.82) is 0 Å². The normalized spacial score (nSPS) is 35.2. The fourth-order valence-electron chi connectivity index (χ4n) is 2.59. The van der Waals surface area contributed by atoms with Crippen LogP contribution >= 0.6 is 0 Å². The Hall–Kier alpha value is -1.05. The molecule has 0 N–H and O–H groups in total. The third kappa shape index (κ3) is 1.99. The van der Waals surface area contributed by atoms with Crippen LogP contribution in [0.15, 0.2) is 24.0 Å². The average molecular weight is 206 g/mol. The molecule has 3 atom stereocenters. The van der Waals surface area contributed by atoms with Crippen LogP contribution in [0.1, 0.15) is 33.1 Å². The zero-order valence-electron chi connectivity index (χ0n) is 9.45. The van der Waals surface area contributed by atoms with Gasteiger partial charge in [0.25, 0.3) is 0 Å². The second-order valence-electron chi connectivity index (χ2n) is 4.80. The van der Waals surface area contributed by atoms with E-state index < -0.39 is 0 Å². The van der Waals surface area contributed by atoms with Crippen molar-refractivity contribution in [3.8, 4) is 0 Å². The van der Waals surface area contributed by atoms with Gasteiger partial charge in [-0.3, -0.25) is 4.79 Å². The molecular weight excluding hydrogens is 188 g/mol. The van der Waals surface area contributed by atoms with Gasteiger partial charge in [0.05, 0.1) is 5.57 Å². The largest absolute Gasteiger partial charge is 0.490 e. The number of ether oxygens (including phenoxy) is 1. The van der Waals surface area contributed by atoms with E-state index in [1.165, 1.54) is 6.42 Å². The molecule has 0 aromatic rings. The molecule has 2 aliphatic rings. The van der Waals surface area contributed by atoms with E-state index in [1.807, 2.05) is 0 Å². The summed E-state index contributed by atoms with van der Waals surface area (Å²) in [6, 6.07) is 0. The number of allylic oxidation sites excluding steroid dienone is 1. The van der Waals surface area contributed by atoms with Crippen molar-refractivity contribution >= 4 is 5.78 Å². The van der Waals surface area contributed by atoms with Crippen molar-refractivity contribution in [2.75, 3.05) is 0 Å². The van der Waals surface area contributed by atoms with Crippen LogP contribution in [-0.2, 0) is 9.53 Å². The third-order valence-electron chi connectivity index (χ3n) is 3.45. The molecule has 2 rings (SSSR count). The Morgan fingerprint density at radius 2 is 2.27 bits per heavy atom. The Kier molecular flexibility index (Phi) is 2.68. The molecule has 82 valence electrons. The summed E-state index contributed by atoms with van der Waals surface area (Å²) in [6.45, 7) is 7.66. The van der Waals surface area contributed by atoms with Crippen LogP contribution in [0.4, 0.5) is 0 Å². The Morgan fingerprint density at radius 3 is 2.93 bits per heavy atom. The molecule has 0 aromatic carbocycles. The summed E-state index contributed by atoms with van der Waals surface area (Å²) in [5.74, 6) is 1.79. The summed E-state index contributed by atoms with van der Waals surface area (Å²) in [5, 5.41) is 0. The average Bonchev–Trinajstić information content (AvgIpc) is 2.17. The van der Waals surface area contributed by atoms with Gasteiger partial charge in [0.2, 0.25) is 0 Å². The molecule has 2 heteroatoms. The van der Waals surface area contributed by atoms with Crippen molar-refractivity contribution in [3.63, 3.8) is 0 Å². The predicted octanol–water partition coefficient (Wildman–Crippen LogP) is 2.85. The summed E-state index contributed by atoms with van der Waals surface area (Å²) in [4.78, 5) is 11.4. The highest BCUT2D eigenvalue weighted by Crippen LogP contribution is 2.38. The molecule has 15 heavy (non-hydrogen) atoms. The monoisotopic (exact) mass is 206 g/mol. The molecule has 0 radical (unpaired) electrons. The highest BCUT2D eigenvalue weighted by molar-refractivity contribution is 5.97. The minimum Gasteiger partial charge on any atom is -0.490 e. The summed E-state index contributed by atoms with van der Waals surface area (Å²) in [5.41, 5.74) is 0.686. The van der Waals surface area contributed by atoms with Crippen LogP contribution in [0.25, 0.3) is 0 Å². The number of carbonyl (C=O) groups excluding carboxylic acids is 1. The van der Waals surface area contributed by atoms with Gasteiger partial charge in [-0.2, -0.15) is 0 Å². The topological polar surface area (TPSA) is 26.3 Å². The van der Waals surface area contributed by atoms with Gasteiger partial charge in [0, 0.05) is 5.92 Å². The van der Waals surface area contributed by atoms with Crippen LogP contribution in [0.3, 0.4) is 0 Å². The summed E-state index contributed by atoms with van der Waals surface area (Å²) >= 11 is 0. The van der Waals surface area contributed by atoms with Crippen LogP contribution in [0.2, 0.25) is 0 Å². The number of hydrogen-bond acceptors (Lipinski definition) is 2. The molecule has 3 unspecified atom stereocenters. The minimum atomic E-state index is 0.0664. The van der Waals surface area contributed by atoms with Crippen LogP contribution in [0, 0.1) is 11.8 Å². The fourth-order valence-corrected chi connectivity index (χ4v) is 2.59. The molecule has 1 fully saturated rings. The van der Waals surface area contributed by atoms with E-state index in [0.717, 1.165) is 18.8 Å². The molecule has 1 heterocycles. The molecular formula is C13H18O2. The first kappa shape index (κ1) is 10.5. The Labute approximate surface area is 91.0 Å². The van der Waals surface area contributed by atoms with E-state index in [1.54, 1.807) is 6.92 Å². The number of rotatable bonds is 1. The van der Waals surface area contributed by atoms with Crippen molar-refractivity contribution in [2.45, 2.75) is 39.2 Å². The van der Waals surface area contributed by atoms with E-state index >= 15 is 0 Å². The Bertz CT molecular complexity index is 327. The smallest absolute Gasteiger partial charge is 0.163 e. The zero-order valence-corrected chi connectivity index (χ0v) is 9.45. The number of ketones is 1. The van der Waals surface area contributed by atoms with Crippen LogP contribution in [-0.4, -0.2) is 11.9 Å². The molecule has 0 saturated heterocycles. The van der Waals surface area contributed by atoms with Gasteiger partial charge in [0.1, 0.15) is 11.9 Å². The molecule has 1 aliphatic carbocycles. The van der Waals surface area contributed by atoms with E-state index in [2.05, 4.69) is 19.6 Å². The van der Waals surface area contributed by atoms with Gasteiger partial charge in [-0.25, -0.2) is 0 Å². The summed E-state index contributed by atoms with van der Waals surface area (Å²) < 4.78 is 5.73. The van der Waals surface area contributed by atoms with E-state index in [-0.39, 0.29) is 11.9 Å². The van der Waals surface area contributed by atoms with Gasteiger partial charge in [-0.1, -0.05) is 19.6 Å². The number of fused-ring (bicyclic) bond motifs is 1. The second-order valence-corrected chi connectivity index (χ2v) is 4.80. The second kappa shape index (κ2) is 3.84. The lowest BCUT2D eigenvalue weighted by Crippen LogP contribution is -2.33. The van der Waals surface area contributed by atoms with Gasteiger partial charge < -0.3 is 4.74 Å². The lowest BCUT2D eigenvalue weighted by molar-refractivity contribution is -0.114. The maximum atomic E-state index is 11.4. The van der Waals surface area contributed by atoms with Gasteiger partial charge in [-0.15, -0.1) is 0 Å². The van der Waals surface area contributed by atoms with Gasteiger partial charge >= 0.3 is 0 Å². The Balaban J connectivity index is 2.22. The maximum Gasteiger partial charge on any atom is 0.163 e. The standard InChI is InChI=1S/C13H18O2/c1-8-4-5-13-11(6-8)7-12(9(2)14)10(3)15-13/h7-8,11,13H,3-6H2,1-2H3. The fraction of sp³-hybridized carbons (Fsp3) is 0.615. The molecule has 0 aromatic heterocycles. The molecule has 2 nitrogen and oxygen atoms in total. The van der Waals surface area contributed by atoms with Crippen molar-refractivity contribution in [2.24, 2.45) is 11.8 Å². The summed E-state index contributed by atoms with van der Waals surface area (Å²) in [6.07, 6.45) is 5.78. The Morgan fingerprint density at radius 1 is 1.53 bits per heavy atom. The maximum absolute atomic E-state index is 11.4. The number of Topliss-reactive ketones (excluding diaryl/α,β-unsaturated/α-hetero) is 1. The van der Waals surface area contributed by atoms with Gasteiger partial charge in [0.15, 0.2) is 5.78 Å². The SMILES string of the molecule is C=C1OC2CCC(C)CC2C=C1C(C)=O. The van der Waals surface area contributed by atoms with Gasteiger partial charge in [-0.05, 0) is 32.1 Å². The molecule has 1 aliphatic heterocycles. The van der Waals surface area contributed by atoms with Crippen LogP contribution < -0.4 is 0 Å². The molecule has 1 saturated carbocycles. The highest BCUT2D eigenvalue weighted by atomic mass is 16.5. The van der Waals surface area contributed by atoms with E-state index in [9.17, 15) is 4.79 Å². The number of carbonyl (C=O) groups is 1. The van der Waals surface area contributed by atoms with E-state index in [4.69, 9.17) is 4.74 Å². The third-order valence-corrected chi connectivity index (χ3v) is 3.45. The quantitative estimate of drug-likeness (QED) is 0.659. The molecule has 0 bridgehead atoms. The molecule has 0 spiro atoms. The van der Waals surface area contributed by atoms with Crippen LogP contribution in [0.5, 0.6) is 0 Å². The molecule has 0 amide bonds. The predicted molar refractivity (Wildman–Crippen MR) is 59.3 cm³/mol. The summed E-state index contributed by atoms with van der Waals surface area (Å²) in [7, 11) is 0. The minimum absolute atomic E-state index is 0.0664. The lowest BCUT2D eigenvalue weighted by atomic mass is 9.78. The lowest BCUT2D eigenvalue weighted by Gasteiger charge is -2.37. The highest BCUT2D eigenvalue weighted by Gasteiger charge is 2.33. The van der Waals surface area contributed by atoms with Crippen molar-refractivity contribution < 1.29 is 9.53 Å². The van der Waals surface area contributed by atoms with Crippen molar-refractivity contribution in [3.05, 3.63) is 24.0 Å².